The lowest BCUT2D eigenvalue weighted by molar-refractivity contribution is 1.22. The van der Waals surface area contributed by atoms with Crippen LogP contribution in [0.1, 0.15) is 39.7 Å². The fourth-order valence-electron chi connectivity index (χ4n) is 6.19. The number of aromatic nitrogens is 2. The van der Waals surface area contributed by atoms with Gasteiger partial charge in [-0.3, -0.25) is 0 Å². The van der Waals surface area contributed by atoms with Gasteiger partial charge in [0.25, 0.3) is 0 Å². The summed E-state index contributed by atoms with van der Waals surface area (Å²) < 4.78 is 2.45. The van der Waals surface area contributed by atoms with Crippen molar-refractivity contribution in [1.29, 1.82) is 5.26 Å². The molecular weight excluding hydrogens is 617 g/mol. The molecule has 0 bridgehead atoms. The Morgan fingerprint density at radius 1 is 0.959 bits per heavy atom. The van der Waals surface area contributed by atoms with Gasteiger partial charge in [-0.05, 0) is 75.2 Å². The quantitative estimate of drug-likeness (QED) is 0.102. The van der Waals surface area contributed by atoms with Gasteiger partial charge < -0.3 is 14.9 Å². The molecule has 0 unspecified atom stereocenters. The van der Waals surface area contributed by atoms with Gasteiger partial charge in [-0.15, -0.1) is 24.1 Å². The number of nitrogens with one attached hydrogen (secondary N) is 2. The maximum absolute atomic E-state index is 9.18. The van der Waals surface area contributed by atoms with Crippen LogP contribution in [0.15, 0.2) is 132 Å². The maximum atomic E-state index is 9.18. The fourth-order valence-corrected chi connectivity index (χ4v) is 6.95. The predicted octanol–water partition coefficient (Wildman–Crippen LogP) is 12.6. The van der Waals surface area contributed by atoms with Crippen LogP contribution >= 0.6 is 11.8 Å². The van der Waals surface area contributed by atoms with Crippen molar-refractivity contribution < 1.29 is 0 Å². The summed E-state index contributed by atoms with van der Waals surface area (Å²) in [5.41, 5.74) is 9.90. The largest absolute Gasteiger partial charge is 0.355 e. The first-order valence-electron chi connectivity index (χ1n) is 16.7. The Hall–Kier alpha value is -5.62. The van der Waals surface area contributed by atoms with E-state index in [0.29, 0.717) is 5.57 Å². The predicted molar refractivity (Wildman–Crippen MR) is 216 cm³/mol. The van der Waals surface area contributed by atoms with Crippen molar-refractivity contribution in [3.63, 3.8) is 0 Å². The highest BCUT2D eigenvalue weighted by Gasteiger charge is 2.24. The van der Waals surface area contributed by atoms with E-state index in [1.165, 1.54) is 43.0 Å². The topological polar surface area (TPSA) is 56.5 Å². The summed E-state index contributed by atoms with van der Waals surface area (Å²) in [6.07, 6.45) is 20.3. The Morgan fingerprint density at radius 3 is 2.39 bits per heavy atom. The smallest absolute Gasteiger partial charge is 0.0987 e. The van der Waals surface area contributed by atoms with Crippen LogP contribution in [-0.4, -0.2) is 15.3 Å². The number of aryl methyl sites for hydroxylation is 1. The van der Waals surface area contributed by atoms with Gasteiger partial charge in [0.05, 0.1) is 28.3 Å². The van der Waals surface area contributed by atoms with Crippen molar-refractivity contribution in [2.45, 2.75) is 41.0 Å². The molecule has 2 aromatic heterocycles. The third kappa shape index (κ3) is 7.14. The van der Waals surface area contributed by atoms with Gasteiger partial charge in [0, 0.05) is 54.7 Å². The summed E-state index contributed by atoms with van der Waals surface area (Å²) in [6, 6.07) is 30.0. The van der Waals surface area contributed by atoms with Crippen molar-refractivity contribution in [3.05, 3.63) is 137 Å². The molecule has 0 aliphatic heterocycles. The summed E-state index contributed by atoms with van der Waals surface area (Å²) in [5.74, 6) is 3.06. The number of para-hydroxylation sites is 3. The van der Waals surface area contributed by atoms with E-state index in [-0.39, 0.29) is 0 Å². The van der Waals surface area contributed by atoms with E-state index >= 15 is 0 Å². The highest BCUT2D eigenvalue weighted by Crippen LogP contribution is 2.46. The number of anilines is 2. The molecule has 49 heavy (non-hydrogen) atoms. The molecule has 1 aliphatic rings. The second kappa shape index (κ2) is 16.5. The molecule has 7 rings (SSSR count). The Kier molecular flexibility index (Phi) is 11.7. The van der Waals surface area contributed by atoms with Gasteiger partial charge in [0.2, 0.25) is 0 Å². The molecule has 2 N–H and O–H groups in total. The molecule has 0 atom stereocenters. The van der Waals surface area contributed by atoms with Crippen LogP contribution in [-0.2, 0) is 0 Å². The SMILES string of the molecule is C#CC.C/C=C(C#N)\C=C/CSC1=CCC=C(n2c3ccccc3c3c(Nc4ccccc4)c(C)c4[nH]c5ccccc5c4c32)C=C1.CC. The number of fused-ring (bicyclic) bond motifs is 7. The minimum absolute atomic E-state index is 0.686. The molecule has 4 nitrogen and oxygen atoms in total. The van der Waals surface area contributed by atoms with Gasteiger partial charge >= 0.3 is 0 Å². The molecule has 244 valence electrons. The molecule has 6 aromatic rings. The molecule has 0 radical (unpaired) electrons. The lowest BCUT2D eigenvalue weighted by atomic mass is 10.0. The highest BCUT2D eigenvalue weighted by atomic mass is 32.2. The third-order valence-corrected chi connectivity index (χ3v) is 9.26. The van der Waals surface area contributed by atoms with Crippen LogP contribution in [0.2, 0.25) is 0 Å². The average Bonchev–Trinajstić information content (AvgIpc) is 3.59. The van der Waals surface area contributed by atoms with Gasteiger partial charge in [0.1, 0.15) is 0 Å². The normalized spacial score (nSPS) is 12.8. The zero-order valence-corrected chi connectivity index (χ0v) is 29.7. The standard InChI is InChI=1S/C39H32N4S.C3H4.C2H6/c1-3-27(25-40)13-12-24-44-30-17-11-16-29(22-23-30)43-34-21-10-8-19-32(34)36-37(41-28-14-5-4-6-15-28)26(2)38-35(39(36)43)31-18-7-9-20-33(31)42-38;1-3-2;1-2/h3-10,12-23,41-42H,11,24H2,1-2H3;1H,2H3;1-2H3/b13-12-,27-3+;;. The number of terminal acetylenes is 1. The first kappa shape index (κ1) is 34.7. The molecule has 0 saturated carbocycles. The Bertz CT molecular complexity index is 2350. The van der Waals surface area contributed by atoms with E-state index < -0.39 is 0 Å². The summed E-state index contributed by atoms with van der Waals surface area (Å²) in [6.45, 7) is 9.76. The number of nitrogens with zero attached hydrogens (tertiary/aromatic N) is 2. The Balaban J connectivity index is 0.000000889. The zero-order chi connectivity index (χ0) is 34.8. The number of benzene rings is 4. The third-order valence-electron chi connectivity index (χ3n) is 8.27. The highest BCUT2D eigenvalue weighted by molar-refractivity contribution is 8.03. The zero-order valence-electron chi connectivity index (χ0n) is 28.8. The van der Waals surface area contributed by atoms with E-state index in [2.05, 4.69) is 143 Å². The number of hydrogen-bond donors (Lipinski definition) is 2. The number of aromatic amines is 1. The van der Waals surface area contributed by atoms with Gasteiger partial charge in [0.15, 0.2) is 0 Å². The van der Waals surface area contributed by atoms with Gasteiger partial charge in [-0.2, -0.15) is 5.26 Å². The van der Waals surface area contributed by atoms with Crippen molar-refractivity contribution in [2.24, 2.45) is 0 Å². The van der Waals surface area contributed by atoms with Crippen molar-refractivity contribution in [2.75, 3.05) is 11.1 Å². The molecule has 0 saturated heterocycles. The summed E-state index contributed by atoms with van der Waals surface area (Å²) in [7, 11) is 0. The molecule has 0 spiro atoms. The van der Waals surface area contributed by atoms with E-state index in [9.17, 15) is 5.26 Å². The summed E-state index contributed by atoms with van der Waals surface area (Å²) in [5, 5.41) is 17.9. The number of hydrogen-bond acceptors (Lipinski definition) is 3. The number of rotatable bonds is 7. The van der Waals surface area contributed by atoms with Crippen molar-refractivity contribution in [3.8, 4) is 18.4 Å². The molecular formula is C44H42N4S. The second-order valence-corrected chi connectivity index (χ2v) is 12.2. The number of thioether (sulfide) groups is 1. The molecule has 4 aromatic carbocycles. The first-order chi connectivity index (χ1) is 24.1. The van der Waals surface area contributed by atoms with Crippen LogP contribution in [0, 0.1) is 30.6 Å². The molecule has 1 aliphatic carbocycles. The van der Waals surface area contributed by atoms with Crippen LogP contribution in [0.4, 0.5) is 11.4 Å². The van der Waals surface area contributed by atoms with Gasteiger partial charge in [-0.25, -0.2) is 0 Å². The van der Waals surface area contributed by atoms with E-state index in [1.807, 2.05) is 39.0 Å². The van der Waals surface area contributed by atoms with Gasteiger partial charge in [-0.1, -0.05) is 92.7 Å². The van der Waals surface area contributed by atoms with Crippen LogP contribution in [0.3, 0.4) is 0 Å². The average molecular weight is 659 g/mol. The maximum Gasteiger partial charge on any atom is 0.0987 e. The second-order valence-electron chi connectivity index (χ2n) is 11.2. The van der Waals surface area contributed by atoms with E-state index in [4.69, 9.17) is 0 Å². The summed E-state index contributed by atoms with van der Waals surface area (Å²) >= 11 is 1.78. The molecule has 0 amide bonds. The summed E-state index contributed by atoms with van der Waals surface area (Å²) in [4.78, 5) is 4.99. The van der Waals surface area contributed by atoms with Crippen LogP contribution < -0.4 is 5.32 Å². The first-order valence-corrected chi connectivity index (χ1v) is 17.7. The number of H-pyrrole nitrogens is 1. The fraction of sp³-hybridized carbons (Fsp3) is 0.159. The monoisotopic (exact) mass is 658 g/mol. The van der Waals surface area contributed by atoms with E-state index in [0.717, 1.165) is 40.3 Å². The molecule has 0 fully saturated rings. The van der Waals surface area contributed by atoms with E-state index in [1.54, 1.807) is 18.7 Å². The lowest BCUT2D eigenvalue weighted by Gasteiger charge is -2.15. The number of allylic oxidation sites excluding steroid dienone is 8. The number of nitriles is 1. The molecule has 5 heteroatoms. The van der Waals surface area contributed by atoms with Crippen molar-refractivity contribution in [1.82, 2.24) is 9.55 Å². The lowest BCUT2D eigenvalue weighted by Crippen LogP contribution is -1.98. The minimum atomic E-state index is 0.686. The molecule has 2 heterocycles. The Morgan fingerprint density at radius 2 is 1.65 bits per heavy atom. The Labute approximate surface area is 294 Å². The van der Waals surface area contributed by atoms with Crippen molar-refractivity contribution >= 4 is 72.4 Å². The van der Waals surface area contributed by atoms with Crippen LogP contribution in [0.5, 0.6) is 0 Å². The minimum Gasteiger partial charge on any atom is -0.355 e. The van der Waals surface area contributed by atoms with Crippen LogP contribution in [0.25, 0.3) is 49.3 Å².